The maximum Gasteiger partial charge on any atom is 0.416 e. The molecule has 0 spiro atoms. The van der Waals surface area contributed by atoms with Gasteiger partial charge in [-0.2, -0.15) is 13.2 Å². The van der Waals surface area contributed by atoms with Crippen molar-refractivity contribution in [3.05, 3.63) is 59.4 Å². The maximum absolute atomic E-state index is 13.0. The van der Waals surface area contributed by atoms with Crippen LogP contribution in [0.4, 0.5) is 18.0 Å². The zero-order chi connectivity index (χ0) is 23.6. The Kier molecular flexibility index (Phi) is 9.58. The summed E-state index contributed by atoms with van der Waals surface area (Å²) in [6.45, 7) is 2.90. The third-order valence-corrected chi connectivity index (χ3v) is 4.64. The number of ether oxygens (including phenoxy) is 2. The fourth-order valence-corrected chi connectivity index (χ4v) is 3.11. The molecule has 0 aliphatic rings. The number of nitrogens with one attached hydrogen (secondary N) is 1. The molecule has 0 saturated heterocycles. The number of hydrogen-bond donors (Lipinski definition) is 1. The van der Waals surface area contributed by atoms with Crippen molar-refractivity contribution in [2.45, 2.75) is 32.6 Å². The van der Waals surface area contributed by atoms with Gasteiger partial charge in [-0.15, -0.1) is 0 Å². The Morgan fingerprint density at radius 2 is 1.97 bits per heavy atom. The van der Waals surface area contributed by atoms with Gasteiger partial charge in [0.25, 0.3) is 0 Å². The summed E-state index contributed by atoms with van der Waals surface area (Å²) in [4.78, 5) is 25.7. The number of urea groups is 1. The summed E-state index contributed by atoms with van der Waals surface area (Å²) in [5, 5.41) is 2.54. The highest BCUT2D eigenvalue weighted by atomic mass is 19.4. The molecule has 0 unspecified atom stereocenters. The van der Waals surface area contributed by atoms with E-state index in [2.05, 4.69) is 5.32 Å². The van der Waals surface area contributed by atoms with Crippen LogP contribution >= 0.6 is 0 Å². The van der Waals surface area contributed by atoms with E-state index >= 15 is 0 Å². The third-order valence-electron chi connectivity index (χ3n) is 4.64. The van der Waals surface area contributed by atoms with Crippen LogP contribution in [0.2, 0.25) is 0 Å². The first-order valence-electron chi connectivity index (χ1n) is 10.2. The molecule has 1 aromatic carbocycles. The molecule has 0 aliphatic heterocycles. The largest absolute Gasteiger partial charge is 0.465 e. The fraction of sp³-hybridized carbons (Fsp3) is 0.455. The highest BCUT2D eigenvalue weighted by Gasteiger charge is 2.30. The van der Waals surface area contributed by atoms with Crippen LogP contribution < -0.4 is 5.32 Å². The maximum atomic E-state index is 13.0. The Morgan fingerprint density at radius 1 is 1.19 bits per heavy atom. The Hall–Kier alpha value is -3.01. The molecular formula is C22H28F3N3O4. The van der Waals surface area contributed by atoms with Crippen molar-refractivity contribution in [1.82, 2.24) is 14.8 Å². The molecule has 0 fully saturated rings. The predicted octanol–water partition coefficient (Wildman–Crippen LogP) is 3.67. The number of carbonyl (C=O) groups is 2. The lowest BCUT2D eigenvalue weighted by Gasteiger charge is -2.24. The molecule has 176 valence electrons. The number of alkyl halides is 3. The summed E-state index contributed by atoms with van der Waals surface area (Å²) in [6, 6.07) is 8.28. The van der Waals surface area contributed by atoms with Gasteiger partial charge in [0.2, 0.25) is 0 Å². The van der Waals surface area contributed by atoms with Gasteiger partial charge in [0.05, 0.1) is 18.7 Å². The van der Waals surface area contributed by atoms with Gasteiger partial charge in [0, 0.05) is 38.7 Å². The molecule has 0 saturated carbocycles. The molecule has 7 nitrogen and oxygen atoms in total. The Labute approximate surface area is 185 Å². The minimum absolute atomic E-state index is 0.213. The van der Waals surface area contributed by atoms with E-state index in [4.69, 9.17) is 9.47 Å². The SMILES string of the molecule is CCOC(=O)CNC(=O)N(CCCOC)Cc1cccn1Cc1cccc(C(F)(F)F)c1. The van der Waals surface area contributed by atoms with E-state index in [9.17, 15) is 22.8 Å². The van der Waals surface area contributed by atoms with E-state index in [-0.39, 0.29) is 26.2 Å². The molecule has 1 aromatic heterocycles. The van der Waals surface area contributed by atoms with Gasteiger partial charge in [0.15, 0.2) is 0 Å². The van der Waals surface area contributed by atoms with E-state index in [0.717, 1.165) is 17.8 Å². The molecule has 2 aromatic rings. The minimum atomic E-state index is -4.41. The van der Waals surface area contributed by atoms with Crippen LogP contribution in [-0.2, 0) is 33.5 Å². The summed E-state index contributed by atoms with van der Waals surface area (Å²) in [5.74, 6) is -0.536. The van der Waals surface area contributed by atoms with Crippen LogP contribution in [0.1, 0.15) is 30.2 Å². The second-order valence-corrected chi connectivity index (χ2v) is 7.06. The van der Waals surface area contributed by atoms with Gasteiger partial charge in [-0.25, -0.2) is 4.79 Å². The topological polar surface area (TPSA) is 72.8 Å². The fourth-order valence-electron chi connectivity index (χ4n) is 3.11. The van der Waals surface area contributed by atoms with Crippen LogP contribution in [0.3, 0.4) is 0 Å². The lowest BCUT2D eigenvalue weighted by molar-refractivity contribution is -0.142. The minimum Gasteiger partial charge on any atom is -0.465 e. The van der Waals surface area contributed by atoms with Crippen molar-refractivity contribution < 1.29 is 32.2 Å². The van der Waals surface area contributed by atoms with Gasteiger partial charge < -0.3 is 24.3 Å². The molecule has 2 rings (SSSR count). The second kappa shape index (κ2) is 12.1. The number of amides is 2. The Balaban J connectivity index is 2.11. The molecule has 0 radical (unpaired) electrons. The van der Waals surface area contributed by atoms with E-state index in [1.54, 1.807) is 43.0 Å². The third kappa shape index (κ3) is 7.92. The van der Waals surface area contributed by atoms with Gasteiger partial charge in [-0.3, -0.25) is 4.79 Å². The van der Waals surface area contributed by atoms with E-state index < -0.39 is 23.7 Å². The first-order valence-corrected chi connectivity index (χ1v) is 10.2. The molecule has 0 aliphatic carbocycles. The van der Waals surface area contributed by atoms with Crippen LogP contribution in [0.15, 0.2) is 42.6 Å². The molecule has 10 heteroatoms. The number of benzene rings is 1. The highest BCUT2D eigenvalue weighted by Crippen LogP contribution is 2.29. The van der Waals surface area contributed by atoms with Gasteiger partial charge in [-0.1, -0.05) is 12.1 Å². The number of carbonyl (C=O) groups excluding carboxylic acids is 2. The molecule has 1 heterocycles. The van der Waals surface area contributed by atoms with Gasteiger partial charge >= 0.3 is 18.2 Å². The number of methoxy groups -OCH3 is 1. The molecule has 0 atom stereocenters. The molecule has 0 bridgehead atoms. The standard InChI is InChI=1S/C22H28F3N3O4/c1-3-32-20(29)14-26-21(30)28(11-6-12-31-2)16-19-9-5-10-27(19)15-17-7-4-8-18(13-17)22(23,24)25/h4-5,7-10,13H,3,6,11-12,14-16H2,1-2H3,(H,26,30). The first-order chi connectivity index (χ1) is 15.2. The average molecular weight is 455 g/mol. The van der Waals surface area contributed by atoms with Crippen molar-refractivity contribution in [3.63, 3.8) is 0 Å². The lowest BCUT2D eigenvalue weighted by atomic mass is 10.1. The number of aromatic nitrogens is 1. The number of halogens is 3. The zero-order valence-corrected chi connectivity index (χ0v) is 18.2. The van der Waals surface area contributed by atoms with Crippen molar-refractivity contribution in [3.8, 4) is 0 Å². The number of hydrogen-bond acceptors (Lipinski definition) is 4. The van der Waals surface area contributed by atoms with Crippen LogP contribution in [-0.4, -0.2) is 54.9 Å². The van der Waals surface area contributed by atoms with Gasteiger partial charge in [-0.05, 0) is 43.2 Å². The van der Waals surface area contributed by atoms with E-state index in [0.29, 0.717) is 25.1 Å². The van der Waals surface area contributed by atoms with E-state index in [1.165, 1.54) is 11.0 Å². The first kappa shape index (κ1) is 25.3. The summed E-state index contributed by atoms with van der Waals surface area (Å²) < 4.78 is 50.7. The number of rotatable bonds is 11. The van der Waals surface area contributed by atoms with E-state index in [1.807, 2.05) is 0 Å². The van der Waals surface area contributed by atoms with Crippen LogP contribution in [0, 0.1) is 0 Å². The Bertz CT molecular complexity index is 883. The van der Waals surface area contributed by atoms with Crippen LogP contribution in [0.5, 0.6) is 0 Å². The summed E-state index contributed by atoms with van der Waals surface area (Å²) in [5.41, 5.74) is 0.532. The molecule has 2 amide bonds. The quantitative estimate of drug-likeness (QED) is 0.415. The molecule has 32 heavy (non-hydrogen) atoms. The van der Waals surface area contributed by atoms with Crippen molar-refractivity contribution in [1.29, 1.82) is 0 Å². The average Bonchev–Trinajstić information content (AvgIpc) is 3.17. The summed E-state index contributed by atoms with van der Waals surface area (Å²) in [6.07, 6.45) is -2.08. The van der Waals surface area contributed by atoms with Gasteiger partial charge in [0.1, 0.15) is 6.54 Å². The van der Waals surface area contributed by atoms with Crippen molar-refractivity contribution in [2.24, 2.45) is 0 Å². The molecule has 1 N–H and O–H groups in total. The van der Waals surface area contributed by atoms with Crippen molar-refractivity contribution in [2.75, 3.05) is 33.4 Å². The summed E-state index contributed by atoms with van der Waals surface area (Å²) >= 11 is 0. The Morgan fingerprint density at radius 3 is 2.66 bits per heavy atom. The smallest absolute Gasteiger partial charge is 0.416 e. The predicted molar refractivity (Wildman–Crippen MR) is 112 cm³/mol. The van der Waals surface area contributed by atoms with Crippen LogP contribution in [0.25, 0.3) is 0 Å². The zero-order valence-electron chi connectivity index (χ0n) is 18.2. The summed E-state index contributed by atoms with van der Waals surface area (Å²) in [7, 11) is 1.56. The molecular weight excluding hydrogens is 427 g/mol. The second-order valence-electron chi connectivity index (χ2n) is 7.06. The lowest BCUT2D eigenvalue weighted by Crippen LogP contribution is -2.43. The number of nitrogens with zero attached hydrogens (tertiary/aromatic N) is 2. The van der Waals surface area contributed by atoms with Crippen molar-refractivity contribution >= 4 is 12.0 Å². The monoisotopic (exact) mass is 455 g/mol. The normalized spacial score (nSPS) is 11.3. The highest BCUT2D eigenvalue weighted by molar-refractivity contribution is 5.80. The number of esters is 1.